The summed E-state index contributed by atoms with van der Waals surface area (Å²) in [6, 6.07) is 29.6. The minimum Gasteiger partial charge on any atom is -0.389 e. The first-order valence-corrected chi connectivity index (χ1v) is 10.3. The molecule has 1 heterocycles. The van der Waals surface area contributed by atoms with Crippen molar-refractivity contribution in [1.82, 2.24) is 14.8 Å². The number of nitrogens with zero attached hydrogens (tertiary/aromatic N) is 3. The molecule has 0 amide bonds. The molecule has 0 aliphatic rings. The van der Waals surface area contributed by atoms with Gasteiger partial charge in [0, 0.05) is 0 Å². The van der Waals surface area contributed by atoms with Crippen LogP contribution in [-0.2, 0) is 16.9 Å². The van der Waals surface area contributed by atoms with Crippen molar-refractivity contribution in [3.05, 3.63) is 124 Å². The summed E-state index contributed by atoms with van der Waals surface area (Å²) in [5.74, 6) is 0.0354. The second-order valence-electron chi connectivity index (χ2n) is 7.39. The second kappa shape index (κ2) is 9.55. The van der Waals surface area contributed by atoms with E-state index in [4.69, 9.17) is 10.5 Å². The average Bonchev–Trinajstić information content (AvgIpc) is 2.83. The normalized spacial score (nSPS) is 12.4. The standard InChI is InChI=1S/C25H24N4O3/c26-23-16-27-29(24(31)28-23)17-22(30)18-32-25(19-10-4-1-5-11-19,20-12-6-2-7-13-20)21-14-8-3-9-15-21/h1-16,22,30H,17-18H2,(H2,26,28,31)/t22-/m0/s1. The molecule has 0 unspecified atom stereocenters. The molecule has 1 aromatic heterocycles. The van der Waals surface area contributed by atoms with E-state index in [-0.39, 0.29) is 19.0 Å². The van der Waals surface area contributed by atoms with Crippen LogP contribution in [0.1, 0.15) is 16.7 Å². The van der Waals surface area contributed by atoms with Crippen molar-refractivity contribution in [3.8, 4) is 0 Å². The lowest BCUT2D eigenvalue weighted by atomic mass is 9.80. The molecule has 3 N–H and O–H groups in total. The highest BCUT2D eigenvalue weighted by molar-refractivity contribution is 5.47. The van der Waals surface area contributed by atoms with Crippen molar-refractivity contribution in [2.75, 3.05) is 12.3 Å². The van der Waals surface area contributed by atoms with Crippen molar-refractivity contribution in [3.63, 3.8) is 0 Å². The summed E-state index contributed by atoms with van der Waals surface area (Å²) in [7, 11) is 0. The molecule has 0 saturated carbocycles. The van der Waals surface area contributed by atoms with E-state index in [1.807, 2.05) is 91.0 Å². The molecule has 0 saturated heterocycles. The Hall–Kier alpha value is -3.81. The van der Waals surface area contributed by atoms with Crippen LogP contribution in [0.15, 0.2) is 102 Å². The van der Waals surface area contributed by atoms with E-state index >= 15 is 0 Å². The number of rotatable bonds is 8. The maximum absolute atomic E-state index is 12.0. The largest absolute Gasteiger partial charge is 0.389 e. The first-order valence-electron chi connectivity index (χ1n) is 10.3. The predicted molar refractivity (Wildman–Crippen MR) is 122 cm³/mol. The Bertz CT molecular complexity index is 1100. The second-order valence-corrected chi connectivity index (χ2v) is 7.39. The monoisotopic (exact) mass is 428 g/mol. The van der Waals surface area contributed by atoms with E-state index in [0.29, 0.717) is 0 Å². The summed E-state index contributed by atoms with van der Waals surface area (Å²) in [6.45, 7) is -0.113. The number of nitrogen functional groups attached to an aromatic ring is 1. The molecule has 0 radical (unpaired) electrons. The van der Waals surface area contributed by atoms with Gasteiger partial charge in [0.25, 0.3) is 0 Å². The van der Waals surface area contributed by atoms with Crippen LogP contribution < -0.4 is 11.4 Å². The summed E-state index contributed by atoms with van der Waals surface area (Å²) < 4.78 is 7.62. The number of hydrogen-bond acceptors (Lipinski definition) is 6. The number of aliphatic hydroxyl groups excluding tert-OH is 1. The third-order valence-corrected chi connectivity index (χ3v) is 5.19. The van der Waals surface area contributed by atoms with Crippen molar-refractivity contribution >= 4 is 5.82 Å². The quantitative estimate of drug-likeness (QED) is 0.418. The van der Waals surface area contributed by atoms with Gasteiger partial charge in [-0.15, -0.1) is 0 Å². The SMILES string of the molecule is Nc1cnn(C[C@H](O)COC(c2ccccc2)(c2ccccc2)c2ccccc2)c(=O)n1. The highest BCUT2D eigenvalue weighted by Crippen LogP contribution is 2.40. The fourth-order valence-corrected chi connectivity index (χ4v) is 3.74. The summed E-state index contributed by atoms with van der Waals surface area (Å²) in [4.78, 5) is 15.6. The lowest BCUT2D eigenvalue weighted by Gasteiger charge is -2.36. The van der Waals surface area contributed by atoms with Gasteiger partial charge in [0.15, 0.2) is 0 Å². The molecule has 0 bridgehead atoms. The highest BCUT2D eigenvalue weighted by atomic mass is 16.5. The molecule has 1 atom stereocenters. The number of benzene rings is 3. The predicted octanol–water partition coefficient (Wildman–Crippen LogP) is 2.59. The van der Waals surface area contributed by atoms with Crippen molar-refractivity contribution in [2.24, 2.45) is 0 Å². The minimum atomic E-state index is -0.999. The summed E-state index contributed by atoms with van der Waals surface area (Å²) in [5, 5.41) is 14.7. The molecule has 0 fully saturated rings. The lowest BCUT2D eigenvalue weighted by Crippen LogP contribution is -2.38. The third-order valence-electron chi connectivity index (χ3n) is 5.19. The third kappa shape index (κ3) is 4.44. The van der Waals surface area contributed by atoms with Crippen molar-refractivity contribution in [2.45, 2.75) is 18.2 Å². The van der Waals surface area contributed by atoms with Crippen LogP contribution in [0.5, 0.6) is 0 Å². The Morgan fingerprint density at radius 2 is 1.34 bits per heavy atom. The molecule has 0 spiro atoms. The maximum atomic E-state index is 12.0. The number of ether oxygens (including phenoxy) is 1. The highest BCUT2D eigenvalue weighted by Gasteiger charge is 2.38. The summed E-state index contributed by atoms with van der Waals surface area (Å²) >= 11 is 0. The van der Waals surface area contributed by atoms with Gasteiger partial charge in [-0.1, -0.05) is 91.0 Å². The van der Waals surface area contributed by atoms with E-state index in [2.05, 4.69) is 10.1 Å². The Labute approximate surface area is 185 Å². The fourth-order valence-electron chi connectivity index (χ4n) is 3.74. The molecule has 7 heteroatoms. The maximum Gasteiger partial charge on any atom is 0.366 e. The van der Waals surface area contributed by atoms with Gasteiger partial charge in [0.2, 0.25) is 0 Å². The van der Waals surface area contributed by atoms with Crippen LogP contribution in [0.3, 0.4) is 0 Å². The van der Waals surface area contributed by atoms with Crippen LogP contribution in [0.4, 0.5) is 5.82 Å². The first kappa shape index (κ1) is 21.4. The van der Waals surface area contributed by atoms with E-state index in [9.17, 15) is 9.90 Å². The van der Waals surface area contributed by atoms with E-state index in [1.54, 1.807) is 0 Å². The Morgan fingerprint density at radius 3 is 1.78 bits per heavy atom. The first-order chi connectivity index (χ1) is 15.6. The van der Waals surface area contributed by atoms with Crippen LogP contribution in [0.2, 0.25) is 0 Å². The van der Waals surface area contributed by atoms with Crippen LogP contribution >= 0.6 is 0 Å². The van der Waals surface area contributed by atoms with E-state index < -0.39 is 17.4 Å². The molecule has 0 aliphatic carbocycles. The van der Waals surface area contributed by atoms with Crippen molar-refractivity contribution in [1.29, 1.82) is 0 Å². The molecular formula is C25H24N4O3. The van der Waals surface area contributed by atoms with Gasteiger partial charge in [-0.05, 0) is 16.7 Å². The van der Waals surface area contributed by atoms with Crippen LogP contribution in [0, 0.1) is 0 Å². The molecule has 4 aromatic rings. The van der Waals surface area contributed by atoms with E-state index in [1.165, 1.54) is 6.20 Å². The Kier molecular flexibility index (Phi) is 6.39. The zero-order valence-corrected chi connectivity index (χ0v) is 17.4. The van der Waals surface area contributed by atoms with Crippen LogP contribution in [0.25, 0.3) is 0 Å². The van der Waals surface area contributed by atoms with Gasteiger partial charge in [0.05, 0.1) is 25.5 Å². The zero-order valence-electron chi connectivity index (χ0n) is 17.4. The van der Waals surface area contributed by atoms with Gasteiger partial charge in [-0.25, -0.2) is 9.48 Å². The van der Waals surface area contributed by atoms with E-state index in [0.717, 1.165) is 21.4 Å². The molecule has 32 heavy (non-hydrogen) atoms. The van der Waals surface area contributed by atoms with Gasteiger partial charge in [0.1, 0.15) is 11.4 Å². The van der Waals surface area contributed by atoms with Crippen LogP contribution in [-0.4, -0.2) is 32.6 Å². The van der Waals surface area contributed by atoms with Gasteiger partial charge in [-0.3, -0.25) is 0 Å². The average molecular weight is 428 g/mol. The summed E-state index contributed by atoms with van der Waals surface area (Å²) in [5.41, 5.74) is 6.69. The molecule has 4 rings (SSSR count). The minimum absolute atomic E-state index is 0.0354. The Morgan fingerprint density at radius 1 is 0.875 bits per heavy atom. The number of hydrogen-bond donors (Lipinski definition) is 2. The number of aromatic nitrogens is 3. The Balaban J connectivity index is 1.72. The van der Waals surface area contributed by atoms with Gasteiger partial charge in [-0.2, -0.15) is 10.1 Å². The lowest BCUT2D eigenvalue weighted by molar-refractivity contribution is -0.0436. The number of anilines is 1. The van der Waals surface area contributed by atoms with Gasteiger partial charge < -0.3 is 15.6 Å². The molecule has 3 aromatic carbocycles. The molecular weight excluding hydrogens is 404 g/mol. The molecule has 162 valence electrons. The smallest absolute Gasteiger partial charge is 0.366 e. The molecule has 0 aliphatic heterocycles. The zero-order chi connectivity index (χ0) is 22.4. The van der Waals surface area contributed by atoms with Crippen molar-refractivity contribution < 1.29 is 9.84 Å². The number of nitrogens with two attached hydrogens (primary N) is 1. The topological polar surface area (TPSA) is 103 Å². The number of aliphatic hydroxyl groups is 1. The summed E-state index contributed by atoms with van der Waals surface area (Å²) in [6.07, 6.45) is 0.276. The van der Waals surface area contributed by atoms with Gasteiger partial charge >= 0.3 is 5.69 Å². The fraction of sp³-hybridized carbons (Fsp3) is 0.160. The molecule has 7 nitrogen and oxygen atoms in total.